The van der Waals surface area contributed by atoms with Gasteiger partial charge in [-0.2, -0.15) is 0 Å². The second-order valence-electron chi connectivity index (χ2n) is 8.83. The molecule has 2 aliphatic rings. The van der Waals surface area contributed by atoms with E-state index in [2.05, 4.69) is 9.71 Å². The highest BCUT2D eigenvalue weighted by atomic mass is 32.2. The normalized spacial score (nSPS) is 17.6. The third-order valence-corrected chi connectivity index (χ3v) is 7.99. The van der Waals surface area contributed by atoms with Crippen LogP contribution in [0.4, 0.5) is 0 Å². The first-order valence-corrected chi connectivity index (χ1v) is 12.7. The SMILES string of the molecule is Cc1ccc(C(=O)NS(=O)(=O)C2CC2)c(-c2ccc3c(c2)OCC(Cc2ccccn2)C3=O)c1. The van der Waals surface area contributed by atoms with Crippen molar-refractivity contribution in [2.75, 3.05) is 6.61 Å². The molecule has 1 aromatic heterocycles. The van der Waals surface area contributed by atoms with Crippen LogP contribution in [0.5, 0.6) is 5.75 Å². The lowest BCUT2D eigenvalue weighted by atomic mass is 9.89. The minimum Gasteiger partial charge on any atom is -0.492 e. The Balaban J connectivity index is 1.43. The van der Waals surface area contributed by atoms with Crippen molar-refractivity contribution in [2.45, 2.75) is 31.4 Å². The van der Waals surface area contributed by atoms with Gasteiger partial charge in [-0.15, -0.1) is 0 Å². The molecule has 8 heteroatoms. The van der Waals surface area contributed by atoms with Gasteiger partial charge in [-0.25, -0.2) is 13.1 Å². The molecule has 2 aromatic carbocycles. The Morgan fingerprint density at radius 1 is 1.09 bits per heavy atom. The Morgan fingerprint density at radius 3 is 2.65 bits per heavy atom. The Morgan fingerprint density at radius 2 is 1.91 bits per heavy atom. The van der Waals surface area contributed by atoms with Crippen molar-refractivity contribution in [3.8, 4) is 16.9 Å². The van der Waals surface area contributed by atoms with Gasteiger partial charge >= 0.3 is 0 Å². The van der Waals surface area contributed by atoms with E-state index in [1.165, 1.54) is 0 Å². The van der Waals surface area contributed by atoms with Gasteiger partial charge in [0.15, 0.2) is 5.78 Å². The largest absolute Gasteiger partial charge is 0.492 e. The Kier molecular flexibility index (Phi) is 5.69. The molecule has 0 saturated heterocycles. The first-order chi connectivity index (χ1) is 16.3. The van der Waals surface area contributed by atoms with Gasteiger partial charge in [0.25, 0.3) is 5.91 Å². The molecule has 1 atom stereocenters. The van der Waals surface area contributed by atoms with Crippen molar-refractivity contribution in [3.63, 3.8) is 0 Å². The number of ketones is 1. The summed E-state index contributed by atoms with van der Waals surface area (Å²) in [7, 11) is -3.67. The number of hydrogen-bond acceptors (Lipinski definition) is 6. The second kappa shape index (κ2) is 8.68. The predicted octanol–water partition coefficient (Wildman–Crippen LogP) is 3.71. The molecular weight excluding hydrogens is 452 g/mol. The quantitative estimate of drug-likeness (QED) is 0.582. The molecule has 5 rings (SSSR count). The number of benzene rings is 2. The number of aromatic nitrogens is 1. The smallest absolute Gasteiger partial charge is 0.265 e. The Hall–Kier alpha value is -3.52. The monoisotopic (exact) mass is 476 g/mol. The number of carbonyl (C=O) groups is 2. The highest BCUT2D eigenvalue weighted by molar-refractivity contribution is 7.91. The van der Waals surface area contributed by atoms with Crippen molar-refractivity contribution in [3.05, 3.63) is 83.2 Å². The summed E-state index contributed by atoms with van der Waals surface area (Å²) in [5.74, 6) is -0.525. The number of sulfonamides is 1. The third-order valence-electron chi connectivity index (χ3n) is 6.17. The summed E-state index contributed by atoms with van der Waals surface area (Å²) in [6.45, 7) is 2.14. The fourth-order valence-electron chi connectivity index (χ4n) is 4.16. The maximum atomic E-state index is 13.1. The fourth-order valence-corrected chi connectivity index (χ4v) is 5.45. The van der Waals surface area contributed by atoms with E-state index in [0.717, 1.165) is 11.3 Å². The van der Waals surface area contributed by atoms with Gasteiger partial charge in [0.2, 0.25) is 10.0 Å². The summed E-state index contributed by atoms with van der Waals surface area (Å²) in [6.07, 6.45) is 3.34. The molecule has 7 nitrogen and oxygen atoms in total. The third kappa shape index (κ3) is 4.46. The van der Waals surface area contributed by atoms with E-state index < -0.39 is 21.2 Å². The maximum Gasteiger partial charge on any atom is 0.265 e. The molecular formula is C26H24N2O5S. The van der Waals surface area contributed by atoms with Crippen LogP contribution < -0.4 is 9.46 Å². The van der Waals surface area contributed by atoms with Gasteiger partial charge in [0.1, 0.15) is 5.75 Å². The highest BCUT2D eigenvalue weighted by Gasteiger charge is 2.37. The van der Waals surface area contributed by atoms with Crippen LogP contribution in [0.15, 0.2) is 60.8 Å². The molecule has 1 aliphatic heterocycles. The number of pyridine rings is 1. The number of nitrogens with zero attached hydrogens (tertiary/aromatic N) is 1. The number of nitrogens with one attached hydrogen (secondary N) is 1. The first-order valence-electron chi connectivity index (χ1n) is 11.2. The number of aryl methyl sites for hydroxylation is 1. The lowest BCUT2D eigenvalue weighted by Crippen LogP contribution is -2.33. The number of carbonyl (C=O) groups excluding carboxylic acids is 2. The zero-order valence-electron chi connectivity index (χ0n) is 18.7. The minimum absolute atomic E-state index is 0.00353. The fraction of sp³-hybridized carbons (Fsp3) is 0.269. The van der Waals surface area contributed by atoms with Crippen LogP contribution in [-0.4, -0.2) is 36.9 Å². The number of ether oxygens (including phenoxy) is 1. The van der Waals surface area contributed by atoms with E-state index in [4.69, 9.17) is 4.74 Å². The van der Waals surface area contributed by atoms with Crippen molar-refractivity contribution in [1.82, 2.24) is 9.71 Å². The zero-order chi connectivity index (χ0) is 23.9. The molecule has 1 saturated carbocycles. The molecule has 1 fully saturated rings. The van der Waals surface area contributed by atoms with Crippen LogP contribution in [0, 0.1) is 12.8 Å². The molecule has 1 amide bonds. The molecule has 0 radical (unpaired) electrons. The number of fused-ring (bicyclic) bond motifs is 1. The molecule has 0 bridgehead atoms. The van der Waals surface area contributed by atoms with Crippen LogP contribution in [0.25, 0.3) is 11.1 Å². The summed E-state index contributed by atoms with van der Waals surface area (Å²) in [6, 6.07) is 16.1. The number of hydrogen-bond donors (Lipinski definition) is 1. The van der Waals surface area contributed by atoms with E-state index in [9.17, 15) is 18.0 Å². The summed E-state index contributed by atoms with van der Waals surface area (Å²) < 4.78 is 32.7. The van der Waals surface area contributed by atoms with Crippen LogP contribution in [-0.2, 0) is 16.4 Å². The first kappa shape index (κ1) is 22.3. The van der Waals surface area contributed by atoms with Gasteiger partial charge in [-0.05, 0) is 61.2 Å². The van der Waals surface area contributed by atoms with Gasteiger partial charge < -0.3 is 4.74 Å². The molecule has 1 aliphatic carbocycles. The van der Waals surface area contributed by atoms with Gasteiger partial charge in [0, 0.05) is 23.9 Å². The van der Waals surface area contributed by atoms with E-state index >= 15 is 0 Å². The van der Waals surface area contributed by atoms with Crippen LogP contribution in [0.1, 0.15) is 44.8 Å². The zero-order valence-corrected chi connectivity index (χ0v) is 19.5. The number of amides is 1. The topological polar surface area (TPSA) is 102 Å². The van der Waals surface area contributed by atoms with E-state index in [1.54, 1.807) is 36.5 Å². The predicted molar refractivity (Wildman–Crippen MR) is 127 cm³/mol. The van der Waals surface area contributed by atoms with Crippen LogP contribution >= 0.6 is 0 Å². The minimum atomic E-state index is -3.67. The van der Waals surface area contributed by atoms with Gasteiger partial charge in [-0.3, -0.25) is 14.6 Å². The molecule has 174 valence electrons. The average Bonchev–Trinajstić information content (AvgIpc) is 3.67. The second-order valence-corrected chi connectivity index (χ2v) is 10.8. The van der Waals surface area contributed by atoms with Crippen molar-refractivity contribution in [1.29, 1.82) is 0 Å². The molecule has 2 heterocycles. The summed E-state index contributed by atoms with van der Waals surface area (Å²) in [5, 5.41) is -0.493. The van der Waals surface area contributed by atoms with Crippen LogP contribution in [0.2, 0.25) is 0 Å². The Labute approximate surface area is 198 Å². The standard InChI is InChI=1S/C26H24N2O5S/c1-16-5-9-21(26(30)28-34(31,32)20-7-8-20)23(12-16)17-6-10-22-24(14-17)33-15-18(25(22)29)13-19-4-2-3-11-27-19/h2-6,9-12,14,18,20H,7-8,13,15H2,1H3,(H,28,30). The van der Waals surface area contributed by atoms with Gasteiger partial charge in [0.05, 0.1) is 23.3 Å². The van der Waals surface area contributed by atoms with Crippen molar-refractivity contribution >= 4 is 21.7 Å². The summed E-state index contributed by atoms with van der Waals surface area (Å²) in [4.78, 5) is 30.3. The maximum absolute atomic E-state index is 13.1. The Bertz CT molecular complexity index is 1380. The average molecular weight is 477 g/mol. The van der Waals surface area contributed by atoms with Crippen LogP contribution in [0.3, 0.4) is 0 Å². The molecule has 1 N–H and O–H groups in total. The van der Waals surface area contributed by atoms with Crippen molar-refractivity contribution < 1.29 is 22.7 Å². The number of Topliss-reactive ketones (excluding diaryl/α,β-unsaturated/α-hetero) is 1. The molecule has 0 spiro atoms. The summed E-state index contributed by atoms with van der Waals surface area (Å²) >= 11 is 0. The molecule has 1 unspecified atom stereocenters. The molecule has 3 aromatic rings. The lowest BCUT2D eigenvalue weighted by molar-refractivity contribution is 0.0829. The lowest BCUT2D eigenvalue weighted by Gasteiger charge is -2.24. The molecule has 34 heavy (non-hydrogen) atoms. The van der Waals surface area contributed by atoms with E-state index in [1.807, 2.05) is 31.2 Å². The van der Waals surface area contributed by atoms with Crippen molar-refractivity contribution in [2.24, 2.45) is 5.92 Å². The summed E-state index contributed by atoms with van der Waals surface area (Å²) in [5.41, 5.74) is 3.75. The number of rotatable bonds is 6. The highest BCUT2D eigenvalue weighted by Crippen LogP contribution is 2.35. The van der Waals surface area contributed by atoms with E-state index in [-0.39, 0.29) is 23.9 Å². The van der Waals surface area contributed by atoms with E-state index in [0.29, 0.717) is 41.7 Å². The van der Waals surface area contributed by atoms with Gasteiger partial charge in [-0.1, -0.05) is 29.8 Å².